The minimum Gasteiger partial charge on any atom is -0.462 e. The predicted molar refractivity (Wildman–Crippen MR) is 89.4 cm³/mol. The van der Waals surface area contributed by atoms with E-state index in [1.54, 1.807) is 18.3 Å². The summed E-state index contributed by atoms with van der Waals surface area (Å²) in [5.74, 6) is 0.464. The summed E-state index contributed by atoms with van der Waals surface area (Å²) in [6, 6.07) is 8.42. The fraction of sp³-hybridized carbons (Fsp3) is 0.389. The Morgan fingerprint density at radius 3 is 2.74 bits per heavy atom. The molecule has 0 saturated carbocycles. The summed E-state index contributed by atoms with van der Waals surface area (Å²) in [5, 5.41) is 4.23. The quantitative estimate of drug-likeness (QED) is 0.801. The van der Waals surface area contributed by atoms with Crippen LogP contribution >= 0.6 is 11.3 Å². The lowest BCUT2D eigenvalue weighted by molar-refractivity contribution is -0.227. The van der Waals surface area contributed by atoms with Gasteiger partial charge in [-0.05, 0) is 40.1 Å². The molecular weight excluding hydrogens is 310 g/mol. The van der Waals surface area contributed by atoms with Crippen LogP contribution in [0.25, 0.3) is 11.1 Å². The molecule has 3 heterocycles. The number of amides is 1. The average molecular weight is 329 g/mol. The molecule has 1 spiro atoms. The van der Waals surface area contributed by atoms with Crippen molar-refractivity contribution in [3.63, 3.8) is 0 Å². The van der Waals surface area contributed by atoms with Gasteiger partial charge in [-0.25, -0.2) is 0 Å². The highest BCUT2D eigenvalue weighted by Crippen LogP contribution is 2.39. The number of hydrogen-bond acceptors (Lipinski definition) is 4. The minimum atomic E-state index is -0.567. The zero-order valence-electron chi connectivity index (χ0n) is 13.1. The van der Waals surface area contributed by atoms with E-state index >= 15 is 0 Å². The molecule has 0 aliphatic carbocycles. The average Bonchev–Trinajstić information content (AvgIpc) is 3.09. The Hall–Kier alpha value is -1.85. The Balaban J connectivity index is 1.53. The lowest BCUT2D eigenvalue weighted by atomic mass is 10.00. The molecule has 1 aromatic heterocycles. The molecule has 23 heavy (non-hydrogen) atoms. The van der Waals surface area contributed by atoms with Crippen molar-refractivity contribution in [1.82, 2.24) is 4.90 Å². The highest BCUT2D eigenvalue weighted by atomic mass is 32.1. The molecule has 1 fully saturated rings. The molecule has 4 nitrogen and oxygen atoms in total. The van der Waals surface area contributed by atoms with Gasteiger partial charge in [-0.1, -0.05) is 6.07 Å². The van der Waals surface area contributed by atoms with Crippen LogP contribution in [-0.4, -0.2) is 29.7 Å². The molecule has 5 heteroatoms. The van der Waals surface area contributed by atoms with Crippen molar-refractivity contribution in [2.45, 2.75) is 32.2 Å². The van der Waals surface area contributed by atoms with E-state index in [1.165, 1.54) is 11.1 Å². The zero-order chi connectivity index (χ0) is 15.9. The second-order valence-corrected chi connectivity index (χ2v) is 6.92. The van der Waals surface area contributed by atoms with Crippen LogP contribution in [-0.2, 0) is 16.1 Å². The van der Waals surface area contributed by atoms with E-state index in [-0.39, 0.29) is 5.91 Å². The number of fused-ring (bicyclic) bond motifs is 1. The molecule has 2 aromatic rings. The van der Waals surface area contributed by atoms with Crippen molar-refractivity contribution < 1.29 is 14.3 Å². The Labute approximate surface area is 139 Å². The highest BCUT2D eigenvalue weighted by Gasteiger charge is 2.41. The number of likely N-dealkylation sites (tertiary alicyclic amines) is 1. The minimum absolute atomic E-state index is 0.122. The second kappa shape index (κ2) is 5.65. The monoisotopic (exact) mass is 329 g/mol. The fourth-order valence-electron chi connectivity index (χ4n) is 3.25. The van der Waals surface area contributed by atoms with Gasteiger partial charge in [-0.15, -0.1) is 0 Å². The number of carbonyl (C=O) groups is 1. The van der Waals surface area contributed by atoms with Gasteiger partial charge in [0.05, 0.1) is 6.61 Å². The molecule has 0 atom stereocenters. The van der Waals surface area contributed by atoms with Crippen LogP contribution in [0.1, 0.15) is 25.3 Å². The Morgan fingerprint density at radius 2 is 2.04 bits per heavy atom. The van der Waals surface area contributed by atoms with Crippen molar-refractivity contribution in [2.24, 2.45) is 0 Å². The number of hydrogen-bond donors (Lipinski definition) is 0. The first-order chi connectivity index (χ1) is 11.2. The standard InChI is InChI=1S/C18H19NO3S/c1-13(20)19-7-5-18(6-8-19)21-11-16-10-14(2-3-17(16)22-18)15-4-9-23-12-15/h2-4,9-10,12H,5-8,11H2,1H3. The van der Waals surface area contributed by atoms with Gasteiger partial charge in [0, 0.05) is 38.4 Å². The van der Waals surface area contributed by atoms with E-state index in [9.17, 15) is 4.79 Å². The number of carbonyl (C=O) groups excluding carboxylic acids is 1. The number of piperidine rings is 1. The summed E-state index contributed by atoms with van der Waals surface area (Å²) < 4.78 is 12.3. The summed E-state index contributed by atoms with van der Waals surface area (Å²) in [6.07, 6.45) is 1.44. The molecule has 2 aliphatic rings. The zero-order valence-corrected chi connectivity index (χ0v) is 13.9. The van der Waals surface area contributed by atoms with E-state index in [0.29, 0.717) is 19.7 Å². The van der Waals surface area contributed by atoms with Crippen molar-refractivity contribution in [2.75, 3.05) is 13.1 Å². The summed E-state index contributed by atoms with van der Waals surface area (Å²) >= 11 is 1.70. The van der Waals surface area contributed by atoms with E-state index < -0.39 is 5.79 Å². The maximum absolute atomic E-state index is 11.5. The maximum Gasteiger partial charge on any atom is 0.219 e. The first kappa shape index (κ1) is 14.7. The summed E-state index contributed by atoms with van der Waals surface area (Å²) in [5.41, 5.74) is 3.51. The van der Waals surface area contributed by atoms with Crippen molar-refractivity contribution >= 4 is 17.2 Å². The van der Waals surface area contributed by atoms with Gasteiger partial charge in [0.1, 0.15) is 5.75 Å². The molecular formula is C18H19NO3S. The molecule has 1 amide bonds. The van der Waals surface area contributed by atoms with Crippen LogP contribution < -0.4 is 4.74 Å². The first-order valence-electron chi connectivity index (χ1n) is 7.89. The van der Waals surface area contributed by atoms with E-state index in [4.69, 9.17) is 9.47 Å². The van der Waals surface area contributed by atoms with E-state index in [1.807, 2.05) is 11.0 Å². The molecule has 4 rings (SSSR count). The predicted octanol–water partition coefficient (Wildman–Crippen LogP) is 3.66. The molecule has 0 unspecified atom stereocenters. The molecule has 0 N–H and O–H groups in total. The molecule has 1 saturated heterocycles. The van der Waals surface area contributed by atoms with Gasteiger partial charge < -0.3 is 14.4 Å². The Kier molecular flexibility index (Phi) is 3.62. The molecule has 0 bridgehead atoms. The topological polar surface area (TPSA) is 38.8 Å². The Morgan fingerprint density at radius 1 is 1.22 bits per heavy atom. The smallest absolute Gasteiger partial charge is 0.219 e. The first-order valence-corrected chi connectivity index (χ1v) is 8.83. The summed E-state index contributed by atoms with van der Waals surface area (Å²) in [4.78, 5) is 13.3. The van der Waals surface area contributed by atoms with E-state index in [2.05, 4.69) is 29.0 Å². The van der Waals surface area contributed by atoms with Crippen LogP contribution in [0.15, 0.2) is 35.0 Å². The van der Waals surface area contributed by atoms with Crippen LogP contribution in [0.4, 0.5) is 0 Å². The summed E-state index contributed by atoms with van der Waals surface area (Å²) in [7, 11) is 0. The number of nitrogens with zero attached hydrogens (tertiary/aromatic N) is 1. The van der Waals surface area contributed by atoms with Crippen LogP contribution in [0.3, 0.4) is 0 Å². The summed E-state index contributed by atoms with van der Waals surface area (Å²) in [6.45, 7) is 3.56. The lowest BCUT2D eigenvalue weighted by Gasteiger charge is -2.43. The Bertz CT molecular complexity index is 718. The van der Waals surface area contributed by atoms with Gasteiger partial charge in [-0.2, -0.15) is 11.3 Å². The third-order valence-electron chi connectivity index (χ3n) is 4.67. The SMILES string of the molecule is CC(=O)N1CCC2(CC1)OCc1cc(-c3ccsc3)ccc1O2. The fourth-order valence-corrected chi connectivity index (χ4v) is 3.91. The van der Waals surface area contributed by atoms with Crippen molar-refractivity contribution in [1.29, 1.82) is 0 Å². The van der Waals surface area contributed by atoms with Gasteiger partial charge >= 0.3 is 0 Å². The second-order valence-electron chi connectivity index (χ2n) is 6.14. The number of thiophene rings is 1. The van der Waals surface area contributed by atoms with Crippen molar-refractivity contribution in [3.8, 4) is 16.9 Å². The highest BCUT2D eigenvalue weighted by molar-refractivity contribution is 7.08. The maximum atomic E-state index is 11.5. The van der Waals surface area contributed by atoms with Crippen LogP contribution in [0, 0.1) is 0 Å². The number of rotatable bonds is 1. The van der Waals surface area contributed by atoms with Gasteiger partial charge in [0.15, 0.2) is 0 Å². The lowest BCUT2D eigenvalue weighted by Crippen LogP contribution is -2.52. The number of benzene rings is 1. The van der Waals surface area contributed by atoms with Gasteiger partial charge in [-0.3, -0.25) is 4.79 Å². The molecule has 1 aromatic carbocycles. The molecule has 120 valence electrons. The van der Waals surface area contributed by atoms with Crippen molar-refractivity contribution in [3.05, 3.63) is 40.6 Å². The third-order valence-corrected chi connectivity index (χ3v) is 5.36. The normalized spacial score (nSPS) is 19.3. The van der Waals surface area contributed by atoms with Crippen LogP contribution in [0.2, 0.25) is 0 Å². The van der Waals surface area contributed by atoms with E-state index in [0.717, 1.165) is 24.2 Å². The third kappa shape index (κ3) is 2.75. The molecule has 2 aliphatic heterocycles. The van der Waals surface area contributed by atoms with Crippen LogP contribution in [0.5, 0.6) is 5.75 Å². The largest absolute Gasteiger partial charge is 0.462 e. The van der Waals surface area contributed by atoms with Gasteiger partial charge in [0.2, 0.25) is 11.7 Å². The van der Waals surface area contributed by atoms with Gasteiger partial charge in [0.25, 0.3) is 0 Å². The number of ether oxygens (including phenoxy) is 2. The molecule has 0 radical (unpaired) electrons.